The molecule has 0 aromatic heterocycles. The zero-order valence-corrected chi connectivity index (χ0v) is 22.5. The lowest BCUT2D eigenvalue weighted by Gasteiger charge is -2.39. The monoisotopic (exact) mass is 436 g/mol. The normalized spacial score (nSPS) is 21.8. The van der Waals surface area contributed by atoms with Crippen LogP contribution in [0.5, 0.6) is 11.5 Å². The Morgan fingerprint density at radius 2 is 1.28 bits per heavy atom. The number of benzene rings is 1. The maximum absolute atomic E-state index is 9.94. The van der Waals surface area contributed by atoms with Crippen LogP contribution in [-0.4, -0.2) is 27.8 Å². The van der Waals surface area contributed by atoms with Crippen LogP contribution in [0.3, 0.4) is 0 Å². The standard InChI is InChI=1S/C24H44O3Si2/c1-23(2,3)28(7,8)26-20-15-16-21(18-11-13-19(25)14-12-18)22(17-20)27-29(9,10)24(4,5)6/h15-19,25H,11-14H2,1-10H3. The highest BCUT2D eigenvalue weighted by molar-refractivity contribution is 6.75. The van der Waals surface area contributed by atoms with Gasteiger partial charge < -0.3 is 14.0 Å². The van der Waals surface area contributed by atoms with Gasteiger partial charge in [-0.25, -0.2) is 0 Å². The fourth-order valence-corrected chi connectivity index (χ4v) is 5.32. The number of aliphatic hydroxyl groups excluding tert-OH is 1. The van der Waals surface area contributed by atoms with Crippen LogP contribution in [-0.2, 0) is 0 Å². The van der Waals surface area contributed by atoms with Crippen molar-refractivity contribution in [2.45, 2.75) is 116 Å². The van der Waals surface area contributed by atoms with Crippen LogP contribution in [0.1, 0.15) is 78.7 Å². The topological polar surface area (TPSA) is 38.7 Å². The van der Waals surface area contributed by atoms with Crippen molar-refractivity contribution in [3.8, 4) is 11.5 Å². The fourth-order valence-electron chi connectivity index (χ4n) is 3.27. The Morgan fingerprint density at radius 3 is 1.76 bits per heavy atom. The Balaban J connectivity index is 2.41. The van der Waals surface area contributed by atoms with E-state index in [0.717, 1.165) is 37.2 Å². The number of rotatable bonds is 5. The molecule has 166 valence electrons. The smallest absolute Gasteiger partial charge is 0.250 e. The van der Waals surface area contributed by atoms with E-state index in [1.54, 1.807) is 0 Å². The van der Waals surface area contributed by atoms with Crippen molar-refractivity contribution in [2.75, 3.05) is 0 Å². The second-order valence-corrected chi connectivity index (χ2v) is 21.4. The number of aliphatic hydroxyl groups is 1. The van der Waals surface area contributed by atoms with Gasteiger partial charge in [0.1, 0.15) is 11.5 Å². The number of hydrogen-bond donors (Lipinski definition) is 1. The van der Waals surface area contributed by atoms with E-state index in [2.05, 4.69) is 85.9 Å². The van der Waals surface area contributed by atoms with Gasteiger partial charge in [0.05, 0.1) is 6.10 Å². The lowest BCUT2D eigenvalue weighted by atomic mass is 9.82. The van der Waals surface area contributed by atoms with Gasteiger partial charge in [-0.1, -0.05) is 47.6 Å². The first-order chi connectivity index (χ1) is 13.0. The van der Waals surface area contributed by atoms with Crippen LogP contribution in [0.2, 0.25) is 36.3 Å². The molecule has 0 aliphatic heterocycles. The molecular weight excluding hydrogens is 392 g/mol. The Hall–Kier alpha value is -0.786. The molecule has 0 bridgehead atoms. The first-order valence-electron chi connectivity index (χ1n) is 11.2. The minimum atomic E-state index is -1.97. The predicted molar refractivity (Wildman–Crippen MR) is 129 cm³/mol. The summed E-state index contributed by atoms with van der Waals surface area (Å²) in [6, 6.07) is 6.52. The molecule has 3 nitrogen and oxygen atoms in total. The van der Waals surface area contributed by atoms with E-state index >= 15 is 0 Å². The molecule has 1 aliphatic rings. The molecule has 0 unspecified atom stereocenters. The van der Waals surface area contributed by atoms with Crippen LogP contribution < -0.4 is 8.85 Å². The van der Waals surface area contributed by atoms with Gasteiger partial charge in [0, 0.05) is 6.07 Å². The third-order valence-corrected chi connectivity index (χ3v) is 16.2. The van der Waals surface area contributed by atoms with Gasteiger partial charge >= 0.3 is 0 Å². The van der Waals surface area contributed by atoms with E-state index < -0.39 is 16.6 Å². The summed E-state index contributed by atoms with van der Waals surface area (Å²) in [5.74, 6) is 2.40. The zero-order valence-electron chi connectivity index (χ0n) is 20.5. The van der Waals surface area contributed by atoms with Gasteiger partial charge in [-0.05, 0) is 79.5 Å². The van der Waals surface area contributed by atoms with E-state index in [9.17, 15) is 5.11 Å². The Kier molecular flexibility index (Phi) is 7.08. The summed E-state index contributed by atoms with van der Waals surface area (Å²) >= 11 is 0. The van der Waals surface area contributed by atoms with Gasteiger partial charge in [-0.15, -0.1) is 0 Å². The first kappa shape index (κ1) is 24.5. The van der Waals surface area contributed by atoms with E-state index in [1.807, 2.05) is 0 Å². The first-order valence-corrected chi connectivity index (χ1v) is 17.1. The molecule has 1 aromatic carbocycles. The third-order valence-electron chi connectivity index (χ3n) is 7.47. The van der Waals surface area contributed by atoms with E-state index in [0.29, 0.717) is 5.92 Å². The second-order valence-electron chi connectivity index (χ2n) is 11.9. The minimum Gasteiger partial charge on any atom is -0.543 e. The second kappa shape index (κ2) is 8.39. The molecule has 0 atom stereocenters. The molecule has 0 amide bonds. The van der Waals surface area contributed by atoms with Crippen molar-refractivity contribution in [1.29, 1.82) is 0 Å². The third kappa shape index (κ3) is 5.89. The van der Waals surface area contributed by atoms with Gasteiger partial charge in [0.2, 0.25) is 16.6 Å². The maximum Gasteiger partial charge on any atom is 0.250 e. The molecule has 1 aliphatic carbocycles. The highest BCUT2D eigenvalue weighted by Gasteiger charge is 2.41. The zero-order chi connectivity index (χ0) is 22.3. The molecule has 0 saturated heterocycles. The molecule has 1 N–H and O–H groups in total. The van der Waals surface area contributed by atoms with Crippen molar-refractivity contribution in [1.82, 2.24) is 0 Å². The highest BCUT2D eigenvalue weighted by Crippen LogP contribution is 2.45. The molecule has 1 aromatic rings. The van der Waals surface area contributed by atoms with Gasteiger partial charge in [-0.3, -0.25) is 0 Å². The van der Waals surface area contributed by atoms with Crippen LogP contribution in [0.25, 0.3) is 0 Å². The lowest BCUT2D eigenvalue weighted by molar-refractivity contribution is 0.122. The van der Waals surface area contributed by atoms with Crippen LogP contribution >= 0.6 is 0 Å². The van der Waals surface area contributed by atoms with E-state index in [-0.39, 0.29) is 16.2 Å². The van der Waals surface area contributed by atoms with Crippen molar-refractivity contribution in [3.05, 3.63) is 23.8 Å². The van der Waals surface area contributed by atoms with Crippen molar-refractivity contribution in [3.63, 3.8) is 0 Å². The highest BCUT2D eigenvalue weighted by atomic mass is 28.4. The fraction of sp³-hybridized carbons (Fsp3) is 0.750. The van der Waals surface area contributed by atoms with Crippen LogP contribution in [0.4, 0.5) is 0 Å². The summed E-state index contributed by atoms with van der Waals surface area (Å²) in [4.78, 5) is 0. The Labute approximate surface area is 181 Å². The summed E-state index contributed by atoms with van der Waals surface area (Å²) < 4.78 is 13.4. The molecule has 5 heteroatoms. The number of hydrogen-bond acceptors (Lipinski definition) is 3. The SMILES string of the molecule is CC(C)(C)[Si](C)(C)Oc1ccc(C2CCC(O)CC2)c(O[Si](C)(C)C(C)(C)C)c1. The van der Waals surface area contributed by atoms with Gasteiger partial charge in [0.25, 0.3) is 0 Å². The molecule has 0 radical (unpaired) electrons. The van der Waals surface area contributed by atoms with E-state index in [1.165, 1.54) is 5.56 Å². The molecular formula is C24H44O3Si2. The summed E-state index contributed by atoms with van der Waals surface area (Å²) in [6.45, 7) is 22.9. The predicted octanol–water partition coefficient (Wildman–Crippen LogP) is 7.47. The van der Waals surface area contributed by atoms with Gasteiger partial charge in [-0.2, -0.15) is 0 Å². The molecule has 29 heavy (non-hydrogen) atoms. The largest absolute Gasteiger partial charge is 0.543 e. The average molecular weight is 437 g/mol. The van der Waals surface area contributed by atoms with Crippen molar-refractivity contribution >= 4 is 16.6 Å². The van der Waals surface area contributed by atoms with Crippen LogP contribution in [0, 0.1) is 0 Å². The van der Waals surface area contributed by atoms with Crippen LogP contribution in [0.15, 0.2) is 18.2 Å². The summed E-state index contributed by atoms with van der Waals surface area (Å²) in [6.07, 6.45) is 3.67. The average Bonchev–Trinajstić information content (AvgIpc) is 2.53. The Bertz CT molecular complexity index is 691. The summed E-state index contributed by atoms with van der Waals surface area (Å²) in [5.41, 5.74) is 1.30. The quantitative estimate of drug-likeness (QED) is 0.486. The molecule has 1 fully saturated rings. The lowest BCUT2D eigenvalue weighted by Crippen LogP contribution is -2.44. The van der Waals surface area contributed by atoms with E-state index in [4.69, 9.17) is 8.85 Å². The summed E-state index contributed by atoms with van der Waals surface area (Å²) in [7, 11) is -3.87. The van der Waals surface area contributed by atoms with Crippen molar-refractivity contribution in [2.24, 2.45) is 0 Å². The Morgan fingerprint density at radius 1 is 0.793 bits per heavy atom. The molecule has 0 heterocycles. The molecule has 1 saturated carbocycles. The molecule has 0 spiro atoms. The molecule has 2 rings (SSSR count). The maximum atomic E-state index is 9.94. The van der Waals surface area contributed by atoms with Crippen molar-refractivity contribution < 1.29 is 14.0 Å². The minimum absolute atomic E-state index is 0.141. The summed E-state index contributed by atoms with van der Waals surface area (Å²) in [5, 5.41) is 10.2. The van der Waals surface area contributed by atoms with Gasteiger partial charge in [0.15, 0.2) is 0 Å².